The van der Waals surface area contributed by atoms with Gasteiger partial charge in [-0.2, -0.15) is 5.26 Å². The lowest BCUT2D eigenvalue weighted by Gasteiger charge is -2.32. The molecule has 1 saturated heterocycles. The highest BCUT2D eigenvalue weighted by atomic mass is 15.2. The first-order valence-electron chi connectivity index (χ1n) is 13.8. The minimum Gasteiger partial charge on any atom is -0.373 e. The first kappa shape index (κ1) is 25.0. The molecule has 4 heterocycles. The van der Waals surface area contributed by atoms with E-state index in [-0.39, 0.29) is 5.82 Å². The number of aryl methyl sites for hydroxylation is 1. The Bertz CT molecular complexity index is 1470. The molecule has 4 aromatic rings. The highest BCUT2D eigenvalue weighted by molar-refractivity contribution is 5.84. The van der Waals surface area contributed by atoms with Gasteiger partial charge in [0, 0.05) is 56.6 Å². The molecule has 6 rings (SSSR count). The Morgan fingerprint density at radius 3 is 2.51 bits per heavy atom. The van der Waals surface area contributed by atoms with Crippen LogP contribution < -0.4 is 10.2 Å². The van der Waals surface area contributed by atoms with Gasteiger partial charge in [-0.05, 0) is 48.9 Å². The smallest absolute Gasteiger partial charge is 0.234 e. The molecule has 0 unspecified atom stereocenters. The summed E-state index contributed by atoms with van der Waals surface area (Å²) in [6, 6.07) is 26.1. The Labute approximate surface area is 230 Å². The molecule has 39 heavy (non-hydrogen) atoms. The molecule has 2 aliphatic heterocycles. The van der Waals surface area contributed by atoms with E-state index in [1.54, 1.807) is 6.20 Å². The molecular weight excluding hydrogens is 482 g/mol. The topological polar surface area (TPSA) is 81.0 Å². The summed E-state index contributed by atoms with van der Waals surface area (Å²) in [6.45, 7) is 4.06. The summed E-state index contributed by atoms with van der Waals surface area (Å²) in [6.07, 6.45) is 5.89. The third kappa shape index (κ3) is 5.62. The molecule has 0 bridgehead atoms. The van der Waals surface area contributed by atoms with E-state index in [1.165, 1.54) is 28.1 Å². The van der Waals surface area contributed by atoms with Crippen molar-refractivity contribution in [1.29, 1.82) is 5.26 Å². The van der Waals surface area contributed by atoms with E-state index in [0.29, 0.717) is 6.04 Å². The number of hydrogen-bond acceptors (Lipinski definition) is 7. The fourth-order valence-electron chi connectivity index (χ4n) is 5.68. The third-order valence-electron chi connectivity index (χ3n) is 7.81. The van der Waals surface area contributed by atoms with Gasteiger partial charge in [0.1, 0.15) is 11.9 Å². The Morgan fingerprint density at radius 1 is 0.949 bits per heavy atom. The van der Waals surface area contributed by atoms with Crippen LogP contribution in [0.5, 0.6) is 0 Å². The number of rotatable bonds is 6. The summed E-state index contributed by atoms with van der Waals surface area (Å²) in [7, 11) is 2.17. The van der Waals surface area contributed by atoms with Gasteiger partial charge in [0.2, 0.25) is 5.82 Å². The predicted molar refractivity (Wildman–Crippen MR) is 155 cm³/mol. The highest BCUT2D eigenvalue weighted by Crippen LogP contribution is 2.37. The molecule has 7 heteroatoms. The van der Waals surface area contributed by atoms with Crippen molar-refractivity contribution in [3.8, 4) is 28.5 Å². The van der Waals surface area contributed by atoms with Gasteiger partial charge in [0.05, 0.1) is 17.1 Å². The number of nitriles is 1. The number of hydrogen-bond donors (Lipinski definition) is 1. The number of likely N-dealkylation sites (tertiary alicyclic amines) is 1. The van der Waals surface area contributed by atoms with Crippen LogP contribution in [0.25, 0.3) is 22.4 Å². The second-order valence-electron chi connectivity index (χ2n) is 10.5. The molecule has 7 nitrogen and oxygen atoms in total. The number of benzene rings is 2. The van der Waals surface area contributed by atoms with Crippen LogP contribution in [0.1, 0.15) is 36.3 Å². The molecule has 2 aromatic heterocycles. The summed E-state index contributed by atoms with van der Waals surface area (Å²) in [5.74, 6) is 0.933. The molecule has 196 valence electrons. The van der Waals surface area contributed by atoms with Crippen LogP contribution in [0.15, 0.2) is 72.9 Å². The SMILES string of the molecule is CN1CCCc2nc(-c3ccc(CN4CCC(Nc5ccnc(C#N)n5)CC4)cc3)c(-c3ccccc3)cc21. The molecule has 2 aliphatic rings. The van der Waals surface area contributed by atoms with Gasteiger partial charge in [0.15, 0.2) is 0 Å². The molecule has 0 amide bonds. The maximum Gasteiger partial charge on any atom is 0.234 e. The largest absolute Gasteiger partial charge is 0.373 e. The number of aromatic nitrogens is 3. The zero-order valence-corrected chi connectivity index (χ0v) is 22.3. The Kier molecular flexibility index (Phi) is 7.20. The van der Waals surface area contributed by atoms with E-state index in [0.717, 1.165) is 68.9 Å². The van der Waals surface area contributed by atoms with E-state index in [9.17, 15) is 0 Å². The van der Waals surface area contributed by atoms with E-state index in [1.807, 2.05) is 12.1 Å². The molecule has 0 aliphatic carbocycles. The number of nitrogens with one attached hydrogen (secondary N) is 1. The number of pyridine rings is 1. The van der Waals surface area contributed by atoms with Gasteiger partial charge in [-0.3, -0.25) is 9.88 Å². The number of piperidine rings is 1. The van der Waals surface area contributed by atoms with Crippen LogP contribution >= 0.6 is 0 Å². The van der Waals surface area contributed by atoms with Gasteiger partial charge in [-0.25, -0.2) is 9.97 Å². The standard InChI is InChI=1S/C32H33N7/c1-38-17-5-8-28-29(38)20-27(24-6-3-2-4-7-24)32(36-28)25-11-9-23(10-12-25)22-39-18-14-26(15-19-39)35-30-13-16-34-31(21-33)37-30/h2-4,6-7,9-13,16,20,26H,5,8,14-15,17-19,22H2,1H3,(H,34,35,37). The maximum absolute atomic E-state index is 9.03. The summed E-state index contributed by atoms with van der Waals surface area (Å²) in [5, 5.41) is 12.5. The molecule has 2 aromatic carbocycles. The van der Waals surface area contributed by atoms with Crippen LogP contribution in [0.4, 0.5) is 11.5 Å². The fourth-order valence-corrected chi connectivity index (χ4v) is 5.68. The van der Waals surface area contributed by atoms with Gasteiger partial charge in [0.25, 0.3) is 0 Å². The minimum atomic E-state index is 0.203. The average molecular weight is 516 g/mol. The zero-order chi connectivity index (χ0) is 26.6. The van der Waals surface area contributed by atoms with Gasteiger partial charge < -0.3 is 10.2 Å². The van der Waals surface area contributed by atoms with E-state index >= 15 is 0 Å². The van der Waals surface area contributed by atoms with Crippen molar-refractivity contribution in [1.82, 2.24) is 19.9 Å². The minimum absolute atomic E-state index is 0.203. The molecular formula is C32H33N7. The lowest BCUT2D eigenvalue weighted by atomic mass is 9.95. The number of nitrogens with zero attached hydrogens (tertiary/aromatic N) is 6. The normalized spacial score (nSPS) is 15.9. The van der Waals surface area contributed by atoms with Crippen molar-refractivity contribution in [2.24, 2.45) is 0 Å². The van der Waals surface area contributed by atoms with Gasteiger partial charge in [-0.1, -0.05) is 54.6 Å². The van der Waals surface area contributed by atoms with Crippen LogP contribution in [0.2, 0.25) is 0 Å². The highest BCUT2D eigenvalue weighted by Gasteiger charge is 2.22. The van der Waals surface area contributed by atoms with Crippen molar-refractivity contribution in [3.05, 3.63) is 90.0 Å². The second-order valence-corrected chi connectivity index (χ2v) is 10.5. The van der Waals surface area contributed by atoms with E-state index < -0.39 is 0 Å². The van der Waals surface area contributed by atoms with Gasteiger partial charge >= 0.3 is 0 Å². The Balaban J connectivity index is 1.15. The lowest BCUT2D eigenvalue weighted by Crippen LogP contribution is -2.38. The van der Waals surface area contributed by atoms with Crippen LogP contribution in [-0.4, -0.2) is 52.6 Å². The molecule has 0 saturated carbocycles. The molecule has 0 radical (unpaired) electrons. The van der Waals surface area contributed by atoms with Crippen molar-refractivity contribution < 1.29 is 0 Å². The van der Waals surface area contributed by atoms with Crippen LogP contribution in [0.3, 0.4) is 0 Å². The number of fused-ring (bicyclic) bond motifs is 1. The van der Waals surface area contributed by atoms with Crippen molar-refractivity contribution in [2.75, 3.05) is 36.9 Å². The number of anilines is 2. The van der Waals surface area contributed by atoms with Gasteiger partial charge in [-0.15, -0.1) is 0 Å². The molecule has 1 fully saturated rings. The van der Waals surface area contributed by atoms with Crippen molar-refractivity contribution in [2.45, 2.75) is 38.3 Å². The maximum atomic E-state index is 9.03. The second kappa shape index (κ2) is 11.2. The average Bonchev–Trinajstić information content (AvgIpc) is 2.99. The lowest BCUT2D eigenvalue weighted by molar-refractivity contribution is 0.211. The summed E-state index contributed by atoms with van der Waals surface area (Å²) in [4.78, 5) is 18.3. The van der Waals surface area contributed by atoms with Crippen LogP contribution in [0, 0.1) is 11.3 Å². The summed E-state index contributed by atoms with van der Waals surface area (Å²) in [5.41, 5.74) is 8.40. The third-order valence-corrected chi connectivity index (χ3v) is 7.81. The quantitative estimate of drug-likeness (QED) is 0.361. The summed E-state index contributed by atoms with van der Waals surface area (Å²) < 4.78 is 0. The van der Waals surface area contributed by atoms with Crippen molar-refractivity contribution >= 4 is 11.5 Å². The van der Waals surface area contributed by atoms with Crippen molar-refractivity contribution in [3.63, 3.8) is 0 Å². The molecule has 0 spiro atoms. The Hall–Kier alpha value is -4.28. The molecule has 1 N–H and O–H groups in total. The van der Waals surface area contributed by atoms with E-state index in [4.69, 9.17) is 10.2 Å². The van der Waals surface area contributed by atoms with E-state index in [2.05, 4.69) is 92.8 Å². The predicted octanol–water partition coefficient (Wildman–Crippen LogP) is 5.54. The first-order valence-corrected chi connectivity index (χ1v) is 13.8. The first-order chi connectivity index (χ1) is 19.2. The van der Waals surface area contributed by atoms with Crippen LogP contribution in [-0.2, 0) is 13.0 Å². The zero-order valence-electron chi connectivity index (χ0n) is 22.3. The molecule has 0 atom stereocenters. The monoisotopic (exact) mass is 515 g/mol. The fraction of sp³-hybridized carbons (Fsp3) is 0.312. The Morgan fingerprint density at radius 2 is 1.74 bits per heavy atom. The summed E-state index contributed by atoms with van der Waals surface area (Å²) >= 11 is 0.